The van der Waals surface area contributed by atoms with Gasteiger partial charge >= 0.3 is 0 Å². The van der Waals surface area contributed by atoms with E-state index in [2.05, 4.69) is 48.2 Å². The molecule has 0 radical (unpaired) electrons. The van der Waals surface area contributed by atoms with E-state index in [1.807, 2.05) is 24.3 Å². The largest absolute Gasteiger partial charge is 0.355 e. The molecule has 0 saturated heterocycles. The Kier molecular flexibility index (Phi) is 8.12. The standard InChI is InChI=1S/C20H35N5O2S/c1-16(2)24(17(3)4)14-11-22-20(21-5)23-12-15-28(26,27)25-13-10-18-8-6-7-9-19(18)25/h6-9,16-17H,10-15H2,1-5H3,(H2,21,22,23). The third-order valence-corrected chi connectivity index (χ3v) is 6.82. The molecule has 0 aromatic heterocycles. The fourth-order valence-corrected chi connectivity index (χ4v) is 5.07. The summed E-state index contributed by atoms with van der Waals surface area (Å²) in [6.07, 6.45) is 0.772. The van der Waals surface area contributed by atoms with Gasteiger partial charge in [-0.25, -0.2) is 8.42 Å². The fraction of sp³-hybridized carbons (Fsp3) is 0.650. The average Bonchev–Trinajstić information content (AvgIpc) is 3.08. The molecule has 0 spiro atoms. The van der Waals surface area contributed by atoms with Crippen molar-refractivity contribution in [2.45, 2.75) is 46.2 Å². The molecule has 7 nitrogen and oxygen atoms in total. The summed E-state index contributed by atoms with van der Waals surface area (Å²) >= 11 is 0. The highest BCUT2D eigenvalue weighted by molar-refractivity contribution is 7.92. The molecule has 0 amide bonds. The molecule has 2 rings (SSSR count). The second-order valence-corrected chi connectivity index (χ2v) is 9.63. The molecule has 0 fully saturated rings. The van der Waals surface area contributed by atoms with Crippen LogP contribution in [0.15, 0.2) is 29.3 Å². The number of nitrogens with one attached hydrogen (secondary N) is 2. The van der Waals surface area contributed by atoms with Gasteiger partial charge in [0.2, 0.25) is 10.0 Å². The van der Waals surface area contributed by atoms with E-state index in [1.165, 1.54) is 4.31 Å². The molecular weight excluding hydrogens is 374 g/mol. The molecule has 0 unspecified atom stereocenters. The topological polar surface area (TPSA) is 77.0 Å². The fourth-order valence-electron chi connectivity index (χ4n) is 3.64. The van der Waals surface area contributed by atoms with E-state index in [-0.39, 0.29) is 5.75 Å². The highest BCUT2D eigenvalue weighted by atomic mass is 32.2. The normalized spacial score (nSPS) is 14.9. The maximum atomic E-state index is 12.7. The predicted octanol–water partition coefficient (Wildman–Crippen LogP) is 1.66. The first kappa shape index (κ1) is 22.5. The van der Waals surface area contributed by atoms with Crippen molar-refractivity contribution >= 4 is 21.7 Å². The van der Waals surface area contributed by atoms with Crippen molar-refractivity contribution in [3.05, 3.63) is 29.8 Å². The van der Waals surface area contributed by atoms with E-state index in [0.717, 1.165) is 30.8 Å². The molecule has 0 bridgehead atoms. The Bertz CT molecular complexity index is 754. The van der Waals surface area contributed by atoms with Gasteiger partial charge in [-0.15, -0.1) is 0 Å². The summed E-state index contributed by atoms with van der Waals surface area (Å²) in [4.78, 5) is 6.59. The zero-order valence-electron chi connectivity index (χ0n) is 17.8. The maximum Gasteiger partial charge on any atom is 0.236 e. The van der Waals surface area contributed by atoms with Gasteiger partial charge in [0.15, 0.2) is 5.96 Å². The van der Waals surface area contributed by atoms with Gasteiger partial charge in [0.1, 0.15) is 0 Å². The molecule has 1 aromatic rings. The van der Waals surface area contributed by atoms with Crippen molar-refractivity contribution in [3.8, 4) is 0 Å². The highest BCUT2D eigenvalue weighted by Crippen LogP contribution is 2.29. The molecular formula is C20H35N5O2S. The molecule has 1 aliphatic rings. The first-order valence-electron chi connectivity index (χ1n) is 10.0. The Labute approximate surface area is 170 Å². The number of guanidine groups is 1. The lowest BCUT2D eigenvalue weighted by Gasteiger charge is -2.30. The van der Waals surface area contributed by atoms with E-state index in [0.29, 0.717) is 31.1 Å². The number of hydrogen-bond acceptors (Lipinski definition) is 4. The Hall–Kier alpha value is -1.80. The van der Waals surface area contributed by atoms with Crippen LogP contribution in [0.4, 0.5) is 5.69 Å². The summed E-state index contributed by atoms with van der Waals surface area (Å²) in [7, 11) is -1.66. The lowest BCUT2D eigenvalue weighted by Crippen LogP contribution is -2.46. The maximum absolute atomic E-state index is 12.7. The predicted molar refractivity (Wildman–Crippen MR) is 118 cm³/mol. The Balaban J connectivity index is 1.81. The first-order chi connectivity index (χ1) is 13.3. The molecule has 1 heterocycles. The number of rotatable bonds is 9. The van der Waals surface area contributed by atoms with Gasteiger partial charge in [-0.05, 0) is 45.7 Å². The van der Waals surface area contributed by atoms with Crippen LogP contribution in [0.5, 0.6) is 0 Å². The quantitative estimate of drug-likeness (QED) is 0.479. The van der Waals surface area contributed by atoms with Crippen LogP contribution in [0, 0.1) is 0 Å². The third kappa shape index (κ3) is 5.85. The SMILES string of the molecule is CN=C(NCCN(C(C)C)C(C)C)NCCS(=O)(=O)N1CCc2ccccc21. The number of benzene rings is 1. The summed E-state index contributed by atoms with van der Waals surface area (Å²) in [6, 6.07) is 8.66. The minimum Gasteiger partial charge on any atom is -0.355 e. The molecule has 1 aliphatic heterocycles. The van der Waals surface area contributed by atoms with Crippen LogP contribution < -0.4 is 14.9 Å². The summed E-state index contributed by atoms with van der Waals surface area (Å²) in [6.45, 7) is 11.3. The van der Waals surface area contributed by atoms with Crippen molar-refractivity contribution in [3.63, 3.8) is 0 Å². The third-order valence-electron chi connectivity index (χ3n) is 5.05. The number of anilines is 1. The lowest BCUT2D eigenvalue weighted by molar-refractivity contribution is 0.178. The van der Waals surface area contributed by atoms with E-state index in [9.17, 15) is 8.42 Å². The van der Waals surface area contributed by atoms with Crippen molar-refractivity contribution < 1.29 is 8.42 Å². The number of aliphatic imine (C=N–C) groups is 1. The number of para-hydroxylation sites is 1. The molecule has 158 valence electrons. The Morgan fingerprint density at radius 1 is 1.14 bits per heavy atom. The van der Waals surface area contributed by atoms with Crippen molar-refractivity contribution in [2.75, 3.05) is 43.3 Å². The Morgan fingerprint density at radius 2 is 1.79 bits per heavy atom. The van der Waals surface area contributed by atoms with Gasteiger partial charge < -0.3 is 10.6 Å². The number of sulfonamides is 1. The van der Waals surface area contributed by atoms with Crippen molar-refractivity contribution in [2.24, 2.45) is 4.99 Å². The lowest BCUT2D eigenvalue weighted by atomic mass is 10.2. The van der Waals surface area contributed by atoms with Crippen molar-refractivity contribution in [1.29, 1.82) is 0 Å². The van der Waals surface area contributed by atoms with E-state index >= 15 is 0 Å². The molecule has 28 heavy (non-hydrogen) atoms. The minimum atomic E-state index is -3.35. The summed E-state index contributed by atoms with van der Waals surface area (Å²) in [5, 5.41) is 6.39. The van der Waals surface area contributed by atoms with Crippen LogP contribution in [0.3, 0.4) is 0 Å². The van der Waals surface area contributed by atoms with Crippen LogP contribution in [-0.4, -0.2) is 70.3 Å². The monoisotopic (exact) mass is 409 g/mol. The van der Waals surface area contributed by atoms with Gasteiger partial charge in [-0.3, -0.25) is 14.2 Å². The number of fused-ring (bicyclic) bond motifs is 1. The summed E-state index contributed by atoms with van der Waals surface area (Å²) in [5.41, 5.74) is 1.91. The van der Waals surface area contributed by atoms with Crippen LogP contribution in [-0.2, 0) is 16.4 Å². The molecule has 0 saturated carbocycles. The van der Waals surface area contributed by atoms with Gasteiger partial charge in [0.05, 0.1) is 11.4 Å². The van der Waals surface area contributed by atoms with Gasteiger partial charge in [-0.2, -0.15) is 0 Å². The van der Waals surface area contributed by atoms with Crippen LogP contribution in [0.2, 0.25) is 0 Å². The smallest absolute Gasteiger partial charge is 0.236 e. The van der Waals surface area contributed by atoms with Crippen LogP contribution >= 0.6 is 0 Å². The number of nitrogens with zero attached hydrogens (tertiary/aromatic N) is 3. The van der Waals surface area contributed by atoms with E-state index < -0.39 is 10.0 Å². The van der Waals surface area contributed by atoms with Crippen molar-refractivity contribution in [1.82, 2.24) is 15.5 Å². The second kappa shape index (κ2) is 10.1. The first-order valence-corrected chi connectivity index (χ1v) is 11.7. The molecule has 0 atom stereocenters. The summed E-state index contributed by atoms with van der Waals surface area (Å²) in [5.74, 6) is 0.663. The van der Waals surface area contributed by atoms with Crippen LogP contribution in [0.1, 0.15) is 33.3 Å². The summed E-state index contributed by atoms with van der Waals surface area (Å²) < 4.78 is 27.0. The van der Waals surface area contributed by atoms with Gasteiger partial charge in [-0.1, -0.05) is 18.2 Å². The van der Waals surface area contributed by atoms with E-state index in [4.69, 9.17) is 0 Å². The molecule has 0 aliphatic carbocycles. The Morgan fingerprint density at radius 3 is 2.43 bits per heavy atom. The van der Waals surface area contributed by atoms with Gasteiger partial charge in [0.25, 0.3) is 0 Å². The second-order valence-electron chi connectivity index (χ2n) is 7.62. The average molecular weight is 410 g/mol. The number of hydrogen-bond donors (Lipinski definition) is 2. The molecule has 2 N–H and O–H groups in total. The zero-order chi connectivity index (χ0) is 20.7. The minimum absolute atomic E-state index is 0.0339. The van der Waals surface area contributed by atoms with Crippen LogP contribution in [0.25, 0.3) is 0 Å². The van der Waals surface area contributed by atoms with Gasteiger partial charge in [0, 0.05) is 45.3 Å². The highest BCUT2D eigenvalue weighted by Gasteiger charge is 2.28. The molecule has 8 heteroatoms. The zero-order valence-corrected chi connectivity index (χ0v) is 18.6. The van der Waals surface area contributed by atoms with E-state index in [1.54, 1.807) is 7.05 Å². The molecule has 1 aromatic carbocycles.